The minimum atomic E-state index is 1.32. The Morgan fingerprint density at radius 1 is 0.175 bits per heavy atom. The lowest BCUT2D eigenvalue weighted by molar-refractivity contribution is 0.229. The van der Waals surface area contributed by atoms with Gasteiger partial charge in [-0.2, -0.15) is 0 Å². The molecule has 6 heteroatoms. The second-order valence-electron chi connectivity index (χ2n) is 13.5. The minimum Gasteiger partial charge on any atom is -0.306 e. The normalized spacial score (nSPS) is 25.4. The van der Waals surface area contributed by atoms with E-state index in [2.05, 4.69) is 71.7 Å². The quantitative estimate of drug-likeness (QED) is 0.365. The Bertz CT molecular complexity index is 459. The van der Waals surface area contributed by atoms with Gasteiger partial charge in [-0.1, -0.05) is 32.1 Å². The second-order valence-corrected chi connectivity index (χ2v) is 13.5. The van der Waals surface area contributed by atoms with Crippen molar-refractivity contribution in [1.29, 1.82) is 0 Å². The SMILES string of the molecule is CN1CCC1.CN1CCCC1.CN1CCCCC1.CN1CCCCC1.CN1CCCCC1.CN1CCCCCC1. The number of piperidine rings is 3. The van der Waals surface area contributed by atoms with E-state index in [4.69, 9.17) is 0 Å². The molecule has 0 aromatic carbocycles. The van der Waals surface area contributed by atoms with Crippen LogP contribution in [0.1, 0.15) is 103 Å². The molecule has 0 aromatic heterocycles. The van der Waals surface area contributed by atoms with E-state index in [-0.39, 0.29) is 0 Å². The van der Waals surface area contributed by atoms with Gasteiger partial charge in [0.2, 0.25) is 0 Å². The average molecular weight is 567 g/mol. The molecule has 240 valence electrons. The molecule has 0 aromatic rings. The van der Waals surface area contributed by atoms with Crippen molar-refractivity contribution in [3.8, 4) is 0 Å². The van der Waals surface area contributed by atoms with Gasteiger partial charge in [0.05, 0.1) is 0 Å². The molecule has 0 unspecified atom stereocenters. The van der Waals surface area contributed by atoms with Gasteiger partial charge in [-0.05, 0) is 191 Å². The van der Waals surface area contributed by atoms with Crippen LogP contribution >= 0.6 is 0 Å². The van der Waals surface area contributed by atoms with Gasteiger partial charge in [0.15, 0.2) is 0 Å². The molecule has 0 saturated carbocycles. The summed E-state index contributed by atoms with van der Waals surface area (Å²) in [6.07, 6.45) is 22.8. The Morgan fingerprint density at radius 3 is 0.425 bits per heavy atom. The van der Waals surface area contributed by atoms with E-state index in [1.807, 2.05) is 0 Å². The molecule has 0 bridgehead atoms. The zero-order valence-corrected chi connectivity index (χ0v) is 28.5. The molecule has 6 rings (SSSR count). The van der Waals surface area contributed by atoms with Gasteiger partial charge in [0.25, 0.3) is 0 Å². The third-order valence-electron chi connectivity index (χ3n) is 8.98. The first-order valence-corrected chi connectivity index (χ1v) is 17.5. The molecule has 0 spiro atoms. The van der Waals surface area contributed by atoms with Crippen LogP contribution < -0.4 is 0 Å². The predicted molar refractivity (Wildman–Crippen MR) is 179 cm³/mol. The largest absolute Gasteiger partial charge is 0.306 e. The third kappa shape index (κ3) is 24.4. The summed E-state index contributed by atoms with van der Waals surface area (Å²) in [5.74, 6) is 0. The zero-order chi connectivity index (χ0) is 29.3. The van der Waals surface area contributed by atoms with Gasteiger partial charge in [-0.3, -0.25) is 0 Å². The first-order valence-electron chi connectivity index (χ1n) is 17.5. The monoisotopic (exact) mass is 567 g/mol. The number of nitrogens with zero attached hydrogens (tertiary/aromatic N) is 6. The van der Waals surface area contributed by atoms with Gasteiger partial charge in [0, 0.05) is 0 Å². The Hall–Kier alpha value is -0.240. The molecule has 6 heterocycles. The summed E-state index contributed by atoms with van der Waals surface area (Å²) in [7, 11) is 13.1. The number of hydrogen-bond acceptors (Lipinski definition) is 6. The molecule has 0 atom stereocenters. The number of likely N-dealkylation sites (tertiary alicyclic amines) is 6. The van der Waals surface area contributed by atoms with Crippen LogP contribution in [0, 0.1) is 0 Å². The number of hydrogen-bond donors (Lipinski definition) is 0. The highest BCUT2D eigenvalue weighted by Gasteiger charge is 2.06. The van der Waals surface area contributed by atoms with E-state index >= 15 is 0 Å². The summed E-state index contributed by atoms with van der Waals surface area (Å²) < 4.78 is 0. The van der Waals surface area contributed by atoms with Crippen molar-refractivity contribution in [2.45, 2.75) is 103 Å². The Kier molecular flexibility index (Phi) is 24.9. The standard InChI is InChI=1S/C7H15N.3C6H13N.C5H11N.C4H9N/c1-8-6-4-2-3-5-7-8;3*1-7-5-3-2-4-6-7;1-6-4-2-3-5-6;1-5-3-2-4-5/h2-7H2,1H3;3*2-6H2,1H3;2-5H2,1H3;2-4H2,1H3. The fourth-order valence-corrected chi connectivity index (χ4v) is 5.73. The van der Waals surface area contributed by atoms with Crippen LogP contribution in [-0.2, 0) is 0 Å². The lowest BCUT2D eigenvalue weighted by Gasteiger charge is -2.24. The summed E-state index contributed by atoms with van der Waals surface area (Å²) in [5, 5.41) is 0. The van der Waals surface area contributed by atoms with Crippen molar-refractivity contribution >= 4 is 0 Å². The summed E-state index contributed by atoms with van der Waals surface area (Å²) in [6, 6.07) is 0. The van der Waals surface area contributed by atoms with Crippen molar-refractivity contribution in [1.82, 2.24) is 29.4 Å². The first-order chi connectivity index (χ1) is 19.4. The maximum Gasteiger partial charge on any atom is -0.000959 e. The lowest BCUT2D eigenvalue weighted by Crippen LogP contribution is -2.32. The highest BCUT2D eigenvalue weighted by atomic mass is 15.1. The first kappa shape index (κ1) is 37.8. The molecule has 0 amide bonds. The Labute approximate surface area is 252 Å². The van der Waals surface area contributed by atoms with E-state index in [9.17, 15) is 0 Å². The predicted octanol–water partition coefficient (Wildman–Crippen LogP) is 5.83. The molecular weight excluding hydrogens is 492 g/mol. The topological polar surface area (TPSA) is 19.4 Å². The maximum atomic E-state index is 2.42. The van der Waals surface area contributed by atoms with Crippen LogP contribution in [0.5, 0.6) is 0 Å². The van der Waals surface area contributed by atoms with Crippen LogP contribution in [-0.4, -0.2) is 150 Å². The molecule has 6 saturated heterocycles. The van der Waals surface area contributed by atoms with Crippen LogP contribution in [0.4, 0.5) is 0 Å². The molecule has 0 N–H and O–H groups in total. The van der Waals surface area contributed by atoms with Crippen molar-refractivity contribution in [3.63, 3.8) is 0 Å². The summed E-state index contributed by atoms with van der Waals surface area (Å²) >= 11 is 0. The Balaban J connectivity index is 0.000000241. The van der Waals surface area contributed by atoms with Crippen LogP contribution in [0.3, 0.4) is 0 Å². The highest BCUT2D eigenvalue weighted by Crippen LogP contribution is 2.07. The summed E-state index contributed by atoms with van der Waals surface area (Å²) in [4.78, 5) is 14.3. The van der Waals surface area contributed by atoms with E-state index in [1.165, 1.54) is 181 Å². The van der Waals surface area contributed by atoms with E-state index in [0.29, 0.717) is 0 Å². The molecule has 0 radical (unpaired) electrons. The van der Waals surface area contributed by atoms with Crippen LogP contribution in [0.2, 0.25) is 0 Å². The number of rotatable bonds is 0. The third-order valence-corrected chi connectivity index (χ3v) is 8.98. The molecule has 6 fully saturated rings. The van der Waals surface area contributed by atoms with E-state index in [0.717, 1.165) is 0 Å². The van der Waals surface area contributed by atoms with E-state index < -0.39 is 0 Å². The van der Waals surface area contributed by atoms with Gasteiger partial charge >= 0.3 is 0 Å². The fraction of sp³-hybridized carbons (Fsp3) is 1.00. The fourth-order valence-electron chi connectivity index (χ4n) is 5.73. The average Bonchev–Trinajstić information content (AvgIpc) is 3.30. The second kappa shape index (κ2) is 26.4. The maximum absolute atomic E-state index is 2.42. The molecule has 6 aliphatic heterocycles. The van der Waals surface area contributed by atoms with E-state index in [1.54, 1.807) is 0 Å². The molecule has 6 nitrogen and oxygen atoms in total. The van der Waals surface area contributed by atoms with Crippen LogP contribution in [0.15, 0.2) is 0 Å². The van der Waals surface area contributed by atoms with Crippen molar-refractivity contribution in [2.75, 3.05) is 121 Å². The lowest BCUT2D eigenvalue weighted by atomic mass is 10.1. The van der Waals surface area contributed by atoms with Gasteiger partial charge < -0.3 is 29.4 Å². The molecule has 6 aliphatic rings. The highest BCUT2D eigenvalue weighted by molar-refractivity contribution is 4.62. The minimum absolute atomic E-state index is 1.32. The van der Waals surface area contributed by atoms with Crippen LogP contribution in [0.25, 0.3) is 0 Å². The van der Waals surface area contributed by atoms with Crippen molar-refractivity contribution in [2.24, 2.45) is 0 Å². The Morgan fingerprint density at radius 2 is 0.300 bits per heavy atom. The van der Waals surface area contributed by atoms with Crippen molar-refractivity contribution < 1.29 is 0 Å². The summed E-state index contributed by atoms with van der Waals surface area (Å²) in [5.41, 5.74) is 0. The zero-order valence-electron chi connectivity index (χ0n) is 28.5. The molecule has 0 aliphatic carbocycles. The molecular formula is C34H74N6. The van der Waals surface area contributed by atoms with Gasteiger partial charge in [0.1, 0.15) is 0 Å². The van der Waals surface area contributed by atoms with Gasteiger partial charge in [-0.25, -0.2) is 0 Å². The van der Waals surface area contributed by atoms with Gasteiger partial charge in [-0.15, -0.1) is 0 Å². The smallest absolute Gasteiger partial charge is 0.000959 e. The summed E-state index contributed by atoms with van der Waals surface area (Å²) in [6.45, 7) is 15.8. The van der Waals surface area contributed by atoms with Crippen molar-refractivity contribution in [3.05, 3.63) is 0 Å². The molecule has 40 heavy (non-hydrogen) atoms.